The number of thiophene rings is 1. The molecule has 2 heterocycles. The Balaban J connectivity index is 1.27. The molecule has 3 aromatic carbocycles. The lowest BCUT2D eigenvalue weighted by Crippen LogP contribution is -2.33. The van der Waals surface area contributed by atoms with Gasteiger partial charge in [-0.15, -0.1) is 11.3 Å². The molecule has 37 heavy (non-hydrogen) atoms. The molecule has 1 aliphatic rings. The first-order valence-corrected chi connectivity index (χ1v) is 13.4. The molecule has 0 saturated carbocycles. The van der Waals surface area contributed by atoms with Gasteiger partial charge in [-0.1, -0.05) is 42.5 Å². The van der Waals surface area contributed by atoms with Crippen LogP contribution in [0.4, 0.5) is 0 Å². The van der Waals surface area contributed by atoms with Crippen molar-refractivity contribution in [2.75, 3.05) is 14.2 Å². The van der Waals surface area contributed by atoms with E-state index in [1.807, 2.05) is 30.3 Å². The maximum absolute atomic E-state index is 13.7. The second-order valence-electron chi connectivity index (χ2n) is 9.50. The van der Waals surface area contributed by atoms with Gasteiger partial charge in [-0.05, 0) is 59.4 Å². The standard InChI is InChI=1S/C30H29N3O3S/c1-35-22-8-5-6-19(14-22)16-31-21-11-12-24-27(15-21)37-29-28(24)30(34)33(18-32-29)17-25-23-9-4-3-7-20(23)10-13-26(25)36-2/h3-10,13-14,18,21,31H,11-12,15-17H2,1-2H3. The van der Waals surface area contributed by atoms with Crippen molar-refractivity contribution in [1.29, 1.82) is 0 Å². The second kappa shape index (κ2) is 10.00. The number of rotatable bonds is 7. The minimum atomic E-state index is 0.0280. The lowest BCUT2D eigenvalue weighted by molar-refractivity contribution is 0.409. The zero-order valence-corrected chi connectivity index (χ0v) is 21.8. The number of nitrogens with one attached hydrogen (secondary N) is 1. The van der Waals surface area contributed by atoms with E-state index in [1.54, 1.807) is 36.5 Å². The van der Waals surface area contributed by atoms with Crippen LogP contribution in [0, 0.1) is 0 Å². The van der Waals surface area contributed by atoms with Crippen LogP contribution >= 0.6 is 11.3 Å². The zero-order valence-electron chi connectivity index (χ0n) is 21.0. The normalized spacial score (nSPS) is 15.1. The summed E-state index contributed by atoms with van der Waals surface area (Å²) < 4.78 is 12.7. The maximum atomic E-state index is 13.7. The molecular formula is C30H29N3O3S. The number of hydrogen-bond acceptors (Lipinski definition) is 6. The van der Waals surface area contributed by atoms with Gasteiger partial charge in [-0.25, -0.2) is 4.98 Å². The first-order valence-electron chi connectivity index (χ1n) is 12.5. The third-order valence-corrected chi connectivity index (χ3v) is 8.47. The number of ether oxygens (including phenoxy) is 2. The average molecular weight is 512 g/mol. The Kier molecular flexibility index (Phi) is 6.40. The van der Waals surface area contributed by atoms with E-state index in [9.17, 15) is 4.79 Å². The van der Waals surface area contributed by atoms with Crippen LogP contribution in [-0.4, -0.2) is 29.8 Å². The van der Waals surface area contributed by atoms with Crippen LogP contribution in [0.15, 0.2) is 71.8 Å². The van der Waals surface area contributed by atoms with E-state index >= 15 is 0 Å². The van der Waals surface area contributed by atoms with Crippen LogP contribution in [0.25, 0.3) is 21.0 Å². The van der Waals surface area contributed by atoms with E-state index in [2.05, 4.69) is 35.6 Å². The molecule has 2 aromatic heterocycles. The van der Waals surface area contributed by atoms with Gasteiger partial charge in [0, 0.05) is 23.0 Å². The fourth-order valence-corrected chi connectivity index (χ4v) is 6.63. The van der Waals surface area contributed by atoms with Crippen LogP contribution in [0.5, 0.6) is 11.5 Å². The summed E-state index contributed by atoms with van der Waals surface area (Å²) in [6.45, 7) is 1.21. The quantitative estimate of drug-likeness (QED) is 0.320. The molecule has 7 heteroatoms. The monoisotopic (exact) mass is 511 g/mol. The molecule has 6 nitrogen and oxygen atoms in total. The van der Waals surface area contributed by atoms with Gasteiger partial charge >= 0.3 is 0 Å². The summed E-state index contributed by atoms with van der Waals surface area (Å²) in [5, 5.41) is 6.70. The predicted octanol–water partition coefficient (Wildman–Crippen LogP) is 5.32. The van der Waals surface area contributed by atoms with E-state index < -0.39 is 0 Å². The Morgan fingerprint density at radius 1 is 1.08 bits per heavy atom. The first kappa shape index (κ1) is 23.7. The summed E-state index contributed by atoms with van der Waals surface area (Å²) in [6, 6.07) is 20.8. The van der Waals surface area contributed by atoms with Gasteiger partial charge in [0.15, 0.2) is 0 Å². The molecule has 1 atom stereocenters. The van der Waals surface area contributed by atoms with Crippen molar-refractivity contribution in [2.24, 2.45) is 0 Å². The minimum Gasteiger partial charge on any atom is -0.497 e. The van der Waals surface area contributed by atoms with Gasteiger partial charge < -0.3 is 14.8 Å². The highest BCUT2D eigenvalue weighted by atomic mass is 32.1. The van der Waals surface area contributed by atoms with Crippen molar-refractivity contribution < 1.29 is 9.47 Å². The van der Waals surface area contributed by atoms with Crippen LogP contribution in [-0.2, 0) is 25.9 Å². The topological polar surface area (TPSA) is 65.4 Å². The molecule has 0 saturated heterocycles. The predicted molar refractivity (Wildman–Crippen MR) is 149 cm³/mol. The Bertz CT molecular complexity index is 1660. The summed E-state index contributed by atoms with van der Waals surface area (Å²) in [7, 11) is 3.36. The molecule has 1 unspecified atom stereocenters. The number of aromatic nitrogens is 2. The molecule has 1 N–H and O–H groups in total. The van der Waals surface area contributed by atoms with Crippen LogP contribution in [0.1, 0.15) is 28.0 Å². The average Bonchev–Trinajstić information content (AvgIpc) is 3.32. The molecule has 0 bridgehead atoms. The molecule has 6 rings (SSSR count). The molecule has 0 aliphatic heterocycles. The van der Waals surface area contributed by atoms with E-state index in [0.29, 0.717) is 12.6 Å². The van der Waals surface area contributed by atoms with Crippen molar-refractivity contribution in [3.63, 3.8) is 0 Å². The fourth-order valence-electron chi connectivity index (χ4n) is 5.37. The highest BCUT2D eigenvalue weighted by Crippen LogP contribution is 2.34. The minimum absolute atomic E-state index is 0.0280. The fraction of sp³-hybridized carbons (Fsp3) is 0.267. The van der Waals surface area contributed by atoms with Gasteiger partial charge in [0.1, 0.15) is 16.3 Å². The molecule has 188 valence electrons. The lowest BCUT2D eigenvalue weighted by Gasteiger charge is -2.23. The van der Waals surface area contributed by atoms with E-state index in [4.69, 9.17) is 14.5 Å². The highest BCUT2D eigenvalue weighted by Gasteiger charge is 2.25. The van der Waals surface area contributed by atoms with Gasteiger partial charge in [0.25, 0.3) is 5.56 Å². The summed E-state index contributed by atoms with van der Waals surface area (Å²) >= 11 is 1.66. The molecule has 1 aliphatic carbocycles. The third kappa shape index (κ3) is 4.49. The largest absolute Gasteiger partial charge is 0.497 e. The summed E-state index contributed by atoms with van der Waals surface area (Å²) in [5.74, 6) is 1.65. The Morgan fingerprint density at radius 3 is 2.84 bits per heavy atom. The van der Waals surface area contributed by atoms with Gasteiger partial charge in [0.05, 0.1) is 32.5 Å². The van der Waals surface area contributed by atoms with Gasteiger partial charge in [0.2, 0.25) is 0 Å². The summed E-state index contributed by atoms with van der Waals surface area (Å²) in [6.07, 6.45) is 4.47. The van der Waals surface area contributed by atoms with Crippen molar-refractivity contribution in [3.8, 4) is 11.5 Å². The molecule has 0 amide bonds. The smallest absolute Gasteiger partial charge is 0.262 e. The Labute approximate surface area is 219 Å². The van der Waals surface area contributed by atoms with Crippen LogP contribution in [0.3, 0.4) is 0 Å². The molecule has 0 spiro atoms. The third-order valence-electron chi connectivity index (χ3n) is 7.31. The molecule has 0 radical (unpaired) electrons. The molecule has 0 fully saturated rings. The highest BCUT2D eigenvalue weighted by molar-refractivity contribution is 7.18. The van der Waals surface area contributed by atoms with Gasteiger partial charge in [-0.2, -0.15) is 0 Å². The number of benzene rings is 3. The lowest BCUT2D eigenvalue weighted by atomic mass is 9.93. The van der Waals surface area contributed by atoms with Crippen LogP contribution in [0.2, 0.25) is 0 Å². The maximum Gasteiger partial charge on any atom is 0.262 e. The number of hydrogen-bond donors (Lipinski definition) is 1. The van der Waals surface area contributed by atoms with Crippen molar-refractivity contribution >= 4 is 32.3 Å². The Morgan fingerprint density at radius 2 is 1.97 bits per heavy atom. The Hall–Kier alpha value is -3.68. The van der Waals surface area contributed by atoms with E-state index in [1.165, 1.54) is 16.0 Å². The summed E-state index contributed by atoms with van der Waals surface area (Å²) in [5.41, 5.74) is 3.40. The number of methoxy groups -OCH3 is 2. The number of aryl methyl sites for hydroxylation is 1. The first-order chi connectivity index (χ1) is 18.1. The van der Waals surface area contributed by atoms with Crippen molar-refractivity contribution in [2.45, 2.75) is 38.4 Å². The van der Waals surface area contributed by atoms with Crippen LogP contribution < -0.4 is 20.3 Å². The second-order valence-corrected chi connectivity index (χ2v) is 10.6. The number of fused-ring (bicyclic) bond motifs is 4. The summed E-state index contributed by atoms with van der Waals surface area (Å²) in [4.78, 5) is 20.5. The molecular weight excluding hydrogens is 482 g/mol. The van der Waals surface area contributed by atoms with E-state index in [-0.39, 0.29) is 5.56 Å². The van der Waals surface area contributed by atoms with Gasteiger partial charge in [-0.3, -0.25) is 9.36 Å². The zero-order chi connectivity index (χ0) is 25.4. The van der Waals surface area contributed by atoms with E-state index in [0.717, 1.165) is 63.9 Å². The van der Waals surface area contributed by atoms with Crippen molar-refractivity contribution in [1.82, 2.24) is 14.9 Å². The SMILES string of the molecule is COc1cccc(CNC2CCc3c(sc4ncn(Cc5c(OC)ccc6ccccc56)c(=O)c34)C2)c1. The van der Waals surface area contributed by atoms with Crippen molar-refractivity contribution in [3.05, 3.63) is 98.9 Å². The molecule has 5 aromatic rings. The number of nitrogens with zero attached hydrogens (tertiary/aromatic N) is 2.